The number of aromatic amines is 1. The van der Waals surface area contributed by atoms with Gasteiger partial charge in [-0.05, 0) is 68.8 Å². The zero-order chi connectivity index (χ0) is 23.9. The van der Waals surface area contributed by atoms with Gasteiger partial charge in [-0.3, -0.25) is 4.79 Å². The molecule has 0 aliphatic rings. The van der Waals surface area contributed by atoms with Gasteiger partial charge in [0.25, 0.3) is 5.56 Å². The van der Waals surface area contributed by atoms with Crippen LogP contribution in [0.4, 0.5) is 4.79 Å². The van der Waals surface area contributed by atoms with Crippen molar-refractivity contribution in [2.75, 3.05) is 7.11 Å². The molecule has 0 fully saturated rings. The van der Waals surface area contributed by atoms with Crippen LogP contribution in [0.15, 0.2) is 46.6 Å². The van der Waals surface area contributed by atoms with E-state index in [1.807, 2.05) is 76.4 Å². The Morgan fingerprint density at radius 3 is 2.48 bits per heavy atom. The van der Waals surface area contributed by atoms with Gasteiger partial charge in [0.05, 0.1) is 18.7 Å². The molecule has 1 amide bonds. The second kappa shape index (κ2) is 8.56. The minimum absolute atomic E-state index is 0.0795. The Kier molecular flexibility index (Phi) is 5.93. The van der Waals surface area contributed by atoms with E-state index in [1.165, 1.54) is 11.3 Å². The number of rotatable bonds is 4. The molecule has 172 valence electrons. The Hall–Kier alpha value is -3.32. The molecule has 0 radical (unpaired) electrons. The van der Waals surface area contributed by atoms with Gasteiger partial charge in [-0.2, -0.15) is 0 Å². The molecule has 1 unspecified atom stereocenters. The van der Waals surface area contributed by atoms with E-state index in [0.29, 0.717) is 4.70 Å². The third-order valence-corrected chi connectivity index (χ3v) is 6.43. The number of carbonyl (C=O) groups is 1. The maximum Gasteiger partial charge on any atom is 0.408 e. The van der Waals surface area contributed by atoms with Crippen LogP contribution in [0.25, 0.3) is 32.1 Å². The summed E-state index contributed by atoms with van der Waals surface area (Å²) in [4.78, 5) is 27.8. The van der Waals surface area contributed by atoms with Gasteiger partial charge in [-0.25, -0.2) is 4.79 Å². The van der Waals surface area contributed by atoms with Crippen molar-refractivity contribution in [2.45, 2.75) is 46.3 Å². The summed E-state index contributed by atoms with van der Waals surface area (Å²) in [6.45, 7) is 9.39. The van der Waals surface area contributed by atoms with Crippen LogP contribution in [-0.4, -0.2) is 23.8 Å². The van der Waals surface area contributed by atoms with E-state index in [9.17, 15) is 9.59 Å². The lowest BCUT2D eigenvalue weighted by molar-refractivity contribution is 0.0508. The van der Waals surface area contributed by atoms with Crippen LogP contribution in [0.3, 0.4) is 0 Å². The van der Waals surface area contributed by atoms with Gasteiger partial charge in [-0.1, -0.05) is 24.3 Å². The van der Waals surface area contributed by atoms with E-state index in [2.05, 4.69) is 10.3 Å². The Bertz CT molecular complexity index is 1390. The number of thiophene rings is 1. The lowest BCUT2D eigenvalue weighted by Crippen LogP contribution is -2.34. The molecule has 4 rings (SSSR count). The summed E-state index contributed by atoms with van der Waals surface area (Å²) in [5.41, 5.74) is 3.97. The van der Waals surface area contributed by atoms with Crippen molar-refractivity contribution in [1.29, 1.82) is 0 Å². The molecule has 6 nitrogen and oxygen atoms in total. The topological polar surface area (TPSA) is 80.4 Å². The van der Waals surface area contributed by atoms with E-state index in [1.54, 1.807) is 7.11 Å². The van der Waals surface area contributed by atoms with Crippen molar-refractivity contribution in [3.05, 3.63) is 63.3 Å². The number of benzene rings is 2. The van der Waals surface area contributed by atoms with Crippen molar-refractivity contribution in [3.63, 3.8) is 0 Å². The van der Waals surface area contributed by atoms with Crippen LogP contribution in [0.5, 0.6) is 5.75 Å². The quantitative estimate of drug-likeness (QED) is 0.371. The van der Waals surface area contributed by atoms with E-state index in [4.69, 9.17) is 9.47 Å². The molecule has 1 atom stereocenters. The van der Waals surface area contributed by atoms with Crippen molar-refractivity contribution in [3.8, 4) is 16.9 Å². The zero-order valence-corrected chi connectivity index (χ0v) is 20.5. The number of fused-ring (bicyclic) bond motifs is 3. The summed E-state index contributed by atoms with van der Waals surface area (Å²) in [5, 5.41) is 6.69. The molecule has 2 aromatic carbocycles. The third kappa shape index (κ3) is 4.46. The van der Waals surface area contributed by atoms with Crippen LogP contribution in [0, 0.1) is 6.92 Å². The fraction of sp³-hybridized carbons (Fsp3) is 0.308. The molecular formula is C26H28N2O4S. The molecule has 0 saturated heterocycles. The minimum Gasteiger partial charge on any atom is -0.496 e. The predicted molar refractivity (Wildman–Crippen MR) is 134 cm³/mol. The third-order valence-electron chi connectivity index (χ3n) is 5.52. The molecule has 2 aromatic heterocycles. The molecular weight excluding hydrogens is 436 g/mol. The number of amides is 1. The van der Waals surface area contributed by atoms with E-state index in [-0.39, 0.29) is 11.6 Å². The molecule has 7 heteroatoms. The van der Waals surface area contributed by atoms with Crippen LogP contribution in [0.2, 0.25) is 0 Å². The Balaban J connectivity index is 1.78. The number of carbonyl (C=O) groups excluding carboxylic acids is 1. The maximum absolute atomic E-state index is 12.6. The van der Waals surface area contributed by atoms with E-state index >= 15 is 0 Å². The van der Waals surface area contributed by atoms with Crippen LogP contribution in [-0.2, 0) is 4.74 Å². The molecule has 2 N–H and O–H groups in total. The molecule has 2 heterocycles. The van der Waals surface area contributed by atoms with Gasteiger partial charge < -0.3 is 19.8 Å². The number of nitrogens with one attached hydrogen (secondary N) is 2. The van der Waals surface area contributed by atoms with E-state index in [0.717, 1.165) is 44.3 Å². The number of aryl methyl sites for hydroxylation is 1. The molecule has 0 bridgehead atoms. The first-order chi connectivity index (χ1) is 15.6. The van der Waals surface area contributed by atoms with Crippen LogP contribution in [0.1, 0.15) is 44.9 Å². The zero-order valence-electron chi connectivity index (χ0n) is 19.7. The average molecular weight is 465 g/mol. The van der Waals surface area contributed by atoms with Crippen LogP contribution >= 0.6 is 11.3 Å². The molecule has 4 aromatic rings. The number of pyridine rings is 1. The monoisotopic (exact) mass is 464 g/mol. The summed E-state index contributed by atoms with van der Waals surface area (Å²) in [5.74, 6) is 0.743. The first-order valence-corrected chi connectivity index (χ1v) is 11.7. The van der Waals surface area contributed by atoms with E-state index < -0.39 is 11.7 Å². The predicted octanol–water partition coefficient (Wildman–Crippen LogP) is 6.31. The molecule has 0 saturated carbocycles. The maximum atomic E-state index is 12.6. The second-order valence-corrected chi connectivity index (χ2v) is 10.0. The SMILES string of the molecule is COc1cc(C)c2[nH]c(=O)c3sccc3c2c1-c1ccc(C(C)NC(=O)OC(C)(C)C)cc1. The van der Waals surface area contributed by atoms with Gasteiger partial charge >= 0.3 is 6.09 Å². The highest BCUT2D eigenvalue weighted by molar-refractivity contribution is 7.17. The number of methoxy groups -OCH3 is 1. The highest BCUT2D eigenvalue weighted by Crippen LogP contribution is 2.41. The summed E-state index contributed by atoms with van der Waals surface area (Å²) >= 11 is 1.43. The summed E-state index contributed by atoms with van der Waals surface area (Å²) in [7, 11) is 1.65. The van der Waals surface area contributed by atoms with Gasteiger partial charge in [0.15, 0.2) is 0 Å². The van der Waals surface area contributed by atoms with Gasteiger partial charge in [0, 0.05) is 16.3 Å². The normalized spacial score (nSPS) is 12.7. The Morgan fingerprint density at radius 1 is 1.15 bits per heavy atom. The Morgan fingerprint density at radius 2 is 1.85 bits per heavy atom. The number of alkyl carbamates (subject to hydrolysis) is 1. The summed E-state index contributed by atoms with van der Waals surface area (Å²) in [6.07, 6.45) is -0.450. The number of hydrogen-bond donors (Lipinski definition) is 2. The minimum atomic E-state index is -0.551. The highest BCUT2D eigenvalue weighted by Gasteiger charge is 2.20. The van der Waals surface area contributed by atoms with Crippen LogP contribution < -0.4 is 15.6 Å². The largest absolute Gasteiger partial charge is 0.496 e. The Labute approximate surface area is 196 Å². The second-order valence-electron chi connectivity index (χ2n) is 9.13. The van der Waals surface area contributed by atoms with Gasteiger partial charge in [0.2, 0.25) is 0 Å². The van der Waals surface area contributed by atoms with Gasteiger partial charge in [-0.15, -0.1) is 11.3 Å². The van der Waals surface area contributed by atoms with Crippen molar-refractivity contribution < 1.29 is 14.3 Å². The lowest BCUT2D eigenvalue weighted by atomic mass is 9.94. The highest BCUT2D eigenvalue weighted by atomic mass is 32.1. The smallest absolute Gasteiger partial charge is 0.408 e. The van der Waals surface area contributed by atoms with Crippen molar-refractivity contribution in [2.24, 2.45) is 0 Å². The summed E-state index contributed by atoms with van der Waals surface area (Å²) < 4.78 is 11.8. The standard InChI is InChI=1S/C26H28N2O4S/c1-14-13-19(31-6)20(21-18-11-12-33-23(18)24(29)28-22(14)21)17-9-7-16(8-10-17)15(2)27-25(30)32-26(3,4)5/h7-13,15H,1-6H3,(H,27,30)(H,28,29). The average Bonchev–Trinajstić information content (AvgIpc) is 3.23. The summed E-state index contributed by atoms with van der Waals surface area (Å²) in [6, 6.07) is 11.7. The number of H-pyrrole nitrogens is 1. The number of ether oxygens (including phenoxy) is 2. The van der Waals surface area contributed by atoms with Gasteiger partial charge in [0.1, 0.15) is 16.1 Å². The lowest BCUT2D eigenvalue weighted by Gasteiger charge is -2.22. The van der Waals surface area contributed by atoms with Crippen molar-refractivity contribution >= 4 is 38.4 Å². The first-order valence-electron chi connectivity index (χ1n) is 10.8. The fourth-order valence-corrected chi connectivity index (χ4v) is 4.82. The number of hydrogen-bond acceptors (Lipinski definition) is 5. The number of aromatic nitrogens is 1. The first kappa shape index (κ1) is 22.9. The van der Waals surface area contributed by atoms with Crippen molar-refractivity contribution in [1.82, 2.24) is 10.3 Å². The fourth-order valence-electron chi connectivity index (χ4n) is 4.02. The molecule has 0 aliphatic heterocycles. The molecule has 33 heavy (non-hydrogen) atoms. The molecule has 0 aliphatic carbocycles. The molecule has 0 spiro atoms.